The van der Waals surface area contributed by atoms with Gasteiger partial charge in [0.15, 0.2) is 0 Å². The van der Waals surface area contributed by atoms with Crippen LogP contribution in [-0.4, -0.2) is 41.7 Å². The Hall–Kier alpha value is -2.18. The van der Waals surface area contributed by atoms with Gasteiger partial charge in [-0.15, -0.1) is 11.8 Å². The Kier molecular flexibility index (Phi) is 10.2. The molecule has 2 amide bonds. The van der Waals surface area contributed by atoms with E-state index in [4.69, 9.17) is 16.3 Å². The molecule has 2 rings (SSSR count). The van der Waals surface area contributed by atoms with Crippen LogP contribution < -0.4 is 10.1 Å². The number of carbonyl (C=O) groups excluding carboxylic acids is 2. The number of carbonyl (C=O) groups is 2. The molecule has 0 aliphatic carbocycles. The van der Waals surface area contributed by atoms with E-state index in [1.54, 1.807) is 12.0 Å². The zero-order valence-corrected chi connectivity index (χ0v) is 20.1. The number of ether oxygens (including phenoxy) is 1. The number of nitrogens with one attached hydrogen (secondary N) is 1. The molecule has 1 atom stereocenters. The number of halogens is 1. The van der Waals surface area contributed by atoms with Crippen molar-refractivity contribution in [2.75, 3.05) is 12.9 Å². The van der Waals surface area contributed by atoms with E-state index in [1.807, 2.05) is 69.3 Å². The van der Waals surface area contributed by atoms with Gasteiger partial charge in [-0.25, -0.2) is 0 Å². The summed E-state index contributed by atoms with van der Waals surface area (Å²) < 4.78 is 5.31. The molecule has 5 nitrogen and oxygen atoms in total. The van der Waals surface area contributed by atoms with Gasteiger partial charge in [-0.2, -0.15) is 0 Å². The standard InChI is InChI=1S/C24H31ClN2O3S/c1-5-22(24(29)26-17(2)3)27(14-19-7-6-8-21(13-19)30-4)23(28)16-31-15-18-9-11-20(25)12-10-18/h6-13,17,22H,5,14-16H2,1-4H3,(H,26,29). The second-order valence-electron chi connectivity index (χ2n) is 7.58. The lowest BCUT2D eigenvalue weighted by molar-refractivity contribution is -0.139. The number of benzene rings is 2. The second kappa shape index (κ2) is 12.6. The Morgan fingerprint density at radius 1 is 1.13 bits per heavy atom. The first kappa shape index (κ1) is 25.1. The molecule has 2 aromatic rings. The Labute approximate surface area is 194 Å². The maximum absolute atomic E-state index is 13.2. The molecule has 0 saturated carbocycles. The molecule has 0 spiro atoms. The number of amides is 2. The summed E-state index contributed by atoms with van der Waals surface area (Å²) in [5.41, 5.74) is 2.03. The fourth-order valence-electron chi connectivity index (χ4n) is 3.19. The molecule has 2 aromatic carbocycles. The molecule has 0 aromatic heterocycles. The number of methoxy groups -OCH3 is 1. The number of hydrogen-bond donors (Lipinski definition) is 1. The van der Waals surface area contributed by atoms with Gasteiger partial charge >= 0.3 is 0 Å². The van der Waals surface area contributed by atoms with Crippen LogP contribution in [0.3, 0.4) is 0 Å². The number of nitrogens with zero attached hydrogens (tertiary/aromatic N) is 1. The number of thioether (sulfide) groups is 1. The lowest BCUT2D eigenvalue weighted by Gasteiger charge is -2.31. The van der Waals surface area contributed by atoms with E-state index in [0.717, 1.165) is 16.9 Å². The predicted molar refractivity (Wildman–Crippen MR) is 129 cm³/mol. The lowest BCUT2D eigenvalue weighted by Crippen LogP contribution is -2.50. The van der Waals surface area contributed by atoms with Crippen LogP contribution >= 0.6 is 23.4 Å². The molecule has 0 heterocycles. The zero-order chi connectivity index (χ0) is 22.8. The minimum Gasteiger partial charge on any atom is -0.497 e. The van der Waals surface area contributed by atoms with E-state index < -0.39 is 6.04 Å². The molecule has 0 bridgehead atoms. The van der Waals surface area contributed by atoms with Gasteiger partial charge < -0.3 is 15.0 Å². The van der Waals surface area contributed by atoms with Crippen molar-refractivity contribution in [1.82, 2.24) is 10.2 Å². The SMILES string of the molecule is CCC(C(=O)NC(C)C)N(Cc1cccc(OC)c1)C(=O)CSCc1ccc(Cl)cc1. The Morgan fingerprint density at radius 3 is 2.45 bits per heavy atom. The van der Waals surface area contributed by atoms with Crippen LogP contribution in [0.4, 0.5) is 0 Å². The zero-order valence-electron chi connectivity index (χ0n) is 18.6. The number of hydrogen-bond acceptors (Lipinski definition) is 4. The molecule has 0 aliphatic rings. The first-order chi connectivity index (χ1) is 14.8. The summed E-state index contributed by atoms with van der Waals surface area (Å²) in [5.74, 6) is 1.52. The van der Waals surface area contributed by atoms with Gasteiger partial charge in [-0.3, -0.25) is 9.59 Å². The summed E-state index contributed by atoms with van der Waals surface area (Å²) >= 11 is 7.47. The topological polar surface area (TPSA) is 58.6 Å². The summed E-state index contributed by atoms with van der Waals surface area (Å²) in [6, 6.07) is 14.7. The van der Waals surface area contributed by atoms with E-state index in [0.29, 0.717) is 23.7 Å². The van der Waals surface area contributed by atoms with Crippen molar-refractivity contribution in [3.05, 3.63) is 64.7 Å². The predicted octanol–water partition coefficient (Wildman–Crippen LogP) is 4.91. The van der Waals surface area contributed by atoms with Gasteiger partial charge in [-0.05, 0) is 55.7 Å². The molecule has 168 valence electrons. The van der Waals surface area contributed by atoms with Crippen molar-refractivity contribution < 1.29 is 14.3 Å². The van der Waals surface area contributed by atoms with Crippen LogP contribution in [-0.2, 0) is 21.9 Å². The van der Waals surface area contributed by atoms with Crippen molar-refractivity contribution >= 4 is 35.2 Å². The lowest BCUT2D eigenvalue weighted by atomic mass is 10.1. The fraction of sp³-hybridized carbons (Fsp3) is 0.417. The van der Waals surface area contributed by atoms with E-state index in [1.165, 1.54) is 11.8 Å². The van der Waals surface area contributed by atoms with Crippen molar-refractivity contribution in [2.45, 2.75) is 51.6 Å². The highest BCUT2D eigenvalue weighted by molar-refractivity contribution is 7.99. The average Bonchev–Trinajstić information content (AvgIpc) is 2.74. The molecule has 0 fully saturated rings. The Balaban J connectivity index is 2.14. The molecule has 1 unspecified atom stereocenters. The third kappa shape index (κ3) is 8.11. The van der Waals surface area contributed by atoms with Crippen molar-refractivity contribution in [2.24, 2.45) is 0 Å². The van der Waals surface area contributed by atoms with Gasteiger partial charge in [0.25, 0.3) is 0 Å². The highest BCUT2D eigenvalue weighted by atomic mass is 35.5. The quantitative estimate of drug-likeness (QED) is 0.515. The minimum atomic E-state index is -0.530. The smallest absolute Gasteiger partial charge is 0.243 e. The number of rotatable bonds is 11. The van der Waals surface area contributed by atoms with Gasteiger partial charge in [0.2, 0.25) is 11.8 Å². The van der Waals surface area contributed by atoms with Crippen LogP contribution in [0.2, 0.25) is 5.02 Å². The van der Waals surface area contributed by atoms with E-state index in [-0.39, 0.29) is 23.6 Å². The van der Waals surface area contributed by atoms with Gasteiger partial charge in [0.1, 0.15) is 11.8 Å². The van der Waals surface area contributed by atoms with E-state index in [2.05, 4.69) is 5.32 Å². The van der Waals surface area contributed by atoms with E-state index >= 15 is 0 Å². The highest BCUT2D eigenvalue weighted by Crippen LogP contribution is 2.20. The Morgan fingerprint density at radius 2 is 1.84 bits per heavy atom. The summed E-state index contributed by atoms with van der Waals surface area (Å²) in [6.45, 7) is 6.11. The summed E-state index contributed by atoms with van der Waals surface area (Å²) in [5, 5.41) is 3.64. The summed E-state index contributed by atoms with van der Waals surface area (Å²) in [4.78, 5) is 27.7. The van der Waals surface area contributed by atoms with Gasteiger partial charge in [0, 0.05) is 23.4 Å². The average molecular weight is 463 g/mol. The third-order valence-corrected chi connectivity index (χ3v) is 5.95. The van der Waals surface area contributed by atoms with Crippen LogP contribution in [0.15, 0.2) is 48.5 Å². The van der Waals surface area contributed by atoms with Crippen molar-refractivity contribution in [3.8, 4) is 5.75 Å². The Bertz CT molecular complexity index is 858. The van der Waals surface area contributed by atoms with Gasteiger partial charge in [-0.1, -0.05) is 42.8 Å². The van der Waals surface area contributed by atoms with Crippen molar-refractivity contribution in [3.63, 3.8) is 0 Å². The maximum atomic E-state index is 13.2. The minimum absolute atomic E-state index is 0.00889. The first-order valence-electron chi connectivity index (χ1n) is 10.4. The molecule has 1 N–H and O–H groups in total. The largest absolute Gasteiger partial charge is 0.497 e. The van der Waals surface area contributed by atoms with E-state index in [9.17, 15) is 9.59 Å². The van der Waals surface area contributed by atoms with Crippen LogP contribution in [0.5, 0.6) is 5.75 Å². The summed E-state index contributed by atoms with van der Waals surface area (Å²) in [7, 11) is 1.61. The molecule has 7 heteroatoms. The van der Waals surface area contributed by atoms with Crippen LogP contribution in [0.25, 0.3) is 0 Å². The highest BCUT2D eigenvalue weighted by Gasteiger charge is 2.28. The van der Waals surface area contributed by atoms with Gasteiger partial charge in [0.05, 0.1) is 12.9 Å². The monoisotopic (exact) mass is 462 g/mol. The van der Waals surface area contributed by atoms with Crippen molar-refractivity contribution in [1.29, 1.82) is 0 Å². The first-order valence-corrected chi connectivity index (χ1v) is 11.9. The second-order valence-corrected chi connectivity index (χ2v) is 9.00. The van der Waals surface area contributed by atoms with Crippen LogP contribution in [0.1, 0.15) is 38.3 Å². The molecule has 31 heavy (non-hydrogen) atoms. The molecular formula is C24H31ClN2O3S. The molecule has 0 saturated heterocycles. The maximum Gasteiger partial charge on any atom is 0.243 e. The third-order valence-electron chi connectivity index (χ3n) is 4.71. The summed E-state index contributed by atoms with van der Waals surface area (Å²) in [6.07, 6.45) is 0.538. The molecule has 0 radical (unpaired) electrons. The van der Waals surface area contributed by atoms with Crippen LogP contribution in [0, 0.1) is 0 Å². The fourth-order valence-corrected chi connectivity index (χ4v) is 4.18. The molecule has 0 aliphatic heterocycles. The molecular weight excluding hydrogens is 432 g/mol. The normalized spacial score (nSPS) is 11.8.